The van der Waals surface area contributed by atoms with Gasteiger partial charge in [-0.25, -0.2) is 4.79 Å². The van der Waals surface area contributed by atoms with E-state index in [0.29, 0.717) is 12.2 Å². The minimum Gasteiger partial charge on any atom is -0.481 e. The lowest BCUT2D eigenvalue weighted by Gasteiger charge is -2.23. The lowest BCUT2D eigenvalue weighted by atomic mass is 10.1. The summed E-state index contributed by atoms with van der Waals surface area (Å²) < 4.78 is 0. The Labute approximate surface area is 187 Å². The molecular weight excluding hydrogens is 454 g/mol. The number of nitrogens with two attached hydrogens (primary N) is 2. The minimum absolute atomic E-state index is 0.187. The van der Waals surface area contributed by atoms with Crippen LogP contribution >= 0.6 is 24.4 Å². The van der Waals surface area contributed by atoms with Gasteiger partial charge in [-0.05, 0) is 18.4 Å². The molecule has 15 heteroatoms. The summed E-state index contributed by atoms with van der Waals surface area (Å²) in [6.07, 6.45) is 0.564. The normalized spacial score (nSPS) is 14.4. The number of thioether (sulfide) groups is 1. The number of hydrogen-bond donors (Lipinski definition) is 8. The van der Waals surface area contributed by atoms with Gasteiger partial charge in [-0.2, -0.15) is 24.4 Å². The molecule has 0 bridgehead atoms. The highest BCUT2D eigenvalue weighted by Crippen LogP contribution is 2.02. The third-order valence-electron chi connectivity index (χ3n) is 3.82. The summed E-state index contributed by atoms with van der Waals surface area (Å²) in [4.78, 5) is 70.1. The van der Waals surface area contributed by atoms with E-state index in [1.807, 2.05) is 11.6 Å². The van der Waals surface area contributed by atoms with Gasteiger partial charge in [0.25, 0.3) is 0 Å². The highest BCUT2D eigenvalue weighted by molar-refractivity contribution is 7.98. The van der Waals surface area contributed by atoms with E-state index in [0.717, 1.165) is 0 Å². The molecule has 0 radical (unpaired) electrons. The average molecular weight is 482 g/mol. The number of carboxylic acids is 2. The number of carboxylic acid groups (broad SMARTS) is 2. The average Bonchev–Trinajstić information content (AvgIpc) is 2.67. The van der Waals surface area contributed by atoms with Crippen molar-refractivity contribution in [1.82, 2.24) is 16.0 Å². The van der Waals surface area contributed by atoms with Crippen LogP contribution in [0.2, 0.25) is 0 Å². The van der Waals surface area contributed by atoms with Gasteiger partial charge in [-0.3, -0.25) is 24.0 Å². The second-order valence-corrected chi connectivity index (χ2v) is 7.71. The molecule has 0 fully saturated rings. The summed E-state index contributed by atoms with van der Waals surface area (Å²) in [6, 6.07) is -5.52. The molecule has 4 unspecified atom stereocenters. The van der Waals surface area contributed by atoms with E-state index in [2.05, 4.69) is 23.3 Å². The molecule has 4 amide bonds. The molecule has 9 N–H and O–H groups in total. The zero-order valence-electron chi connectivity index (χ0n) is 16.7. The van der Waals surface area contributed by atoms with Crippen molar-refractivity contribution in [3.05, 3.63) is 0 Å². The van der Waals surface area contributed by atoms with Crippen molar-refractivity contribution < 1.29 is 39.0 Å². The molecule has 0 aromatic heterocycles. The molecular formula is C16H27N5O8S2. The predicted molar refractivity (Wildman–Crippen MR) is 114 cm³/mol. The first-order valence-corrected chi connectivity index (χ1v) is 10.9. The van der Waals surface area contributed by atoms with E-state index >= 15 is 0 Å². The molecule has 0 spiro atoms. The van der Waals surface area contributed by atoms with Crippen LogP contribution in [0.1, 0.15) is 19.3 Å². The SMILES string of the molecule is CSCCC(N)C(=O)NC(CS)C(=O)NC(CC(=O)O)C(=O)NC(CC(N)=O)C(=O)O. The summed E-state index contributed by atoms with van der Waals surface area (Å²) >= 11 is 5.45. The Kier molecular flexibility index (Phi) is 13.3. The Bertz CT molecular complexity index is 693. The largest absolute Gasteiger partial charge is 0.481 e. The van der Waals surface area contributed by atoms with Crippen LogP contribution in [0.15, 0.2) is 0 Å². The molecule has 31 heavy (non-hydrogen) atoms. The van der Waals surface area contributed by atoms with E-state index in [1.165, 1.54) is 11.8 Å². The zero-order chi connectivity index (χ0) is 24.1. The number of hydrogen-bond acceptors (Lipinski definition) is 9. The molecule has 0 aromatic rings. The summed E-state index contributed by atoms with van der Waals surface area (Å²) in [7, 11) is 0. The number of aliphatic carboxylic acids is 2. The van der Waals surface area contributed by atoms with Crippen LogP contribution in [0.5, 0.6) is 0 Å². The summed E-state index contributed by atoms with van der Waals surface area (Å²) in [5, 5.41) is 24.5. The topological polar surface area (TPSA) is 231 Å². The number of carbonyl (C=O) groups is 6. The van der Waals surface area contributed by atoms with Gasteiger partial charge in [0.2, 0.25) is 23.6 Å². The lowest BCUT2D eigenvalue weighted by Crippen LogP contribution is -2.58. The van der Waals surface area contributed by atoms with Crippen molar-refractivity contribution in [1.29, 1.82) is 0 Å². The van der Waals surface area contributed by atoms with E-state index in [1.54, 1.807) is 0 Å². The predicted octanol–water partition coefficient (Wildman–Crippen LogP) is -3.11. The second-order valence-electron chi connectivity index (χ2n) is 6.36. The third-order valence-corrected chi connectivity index (χ3v) is 4.83. The van der Waals surface area contributed by atoms with E-state index in [-0.39, 0.29) is 5.75 Å². The second kappa shape index (κ2) is 14.5. The fourth-order valence-corrected chi connectivity index (χ4v) is 2.93. The van der Waals surface area contributed by atoms with Gasteiger partial charge in [0.1, 0.15) is 18.1 Å². The van der Waals surface area contributed by atoms with Crippen LogP contribution in [0.4, 0.5) is 0 Å². The number of primary amides is 1. The first kappa shape index (κ1) is 28.5. The van der Waals surface area contributed by atoms with Gasteiger partial charge < -0.3 is 37.6 Å². The first-order chi connectivity index (χ1) is 14.4. The standard InChI is InChI=1S/C16H27N5O8S2/c1-31-3-2-7(17)13(25)21-10(6-30)15(27)19-8(5-12(23)24)14(26)20-9(16(28)29)4-11(18)22/h7-10,30H,2-6,17H2,1H3,(H2,18,22)(H,19,27)(H,20,26)(H,21,25)(H,23,24)(H,28,29). The van der Waals surface area contributed by atoms with Crippen LogP contribution in [0.25, 0.3) is 0 Å². The summed E-state index contributed by atoms with van der Waals surface area (Å²) in [5.41, 5.74) is 10.7. The highest BCUT2D eigenvalue weighted by atomic mass is 32.2. The number of thiol groups is 1. The molecule has 0 aliphatic carbocycles. The fraction of sp³-hybridized carbons (Fsp3) is 0.625. The van der Waals surface area contributed by atoms with E-state index < -0.39 is 72.6 Å². The molecule has 0 heterocycles. The van der Waals surface area contributed by atoms with Crippen molar-refractivity contribution >= 4 is 60.0 Å². The molecule has 0 saturated carbocycles. The Balaban J connectivity index is 5.25. The van der Waals surface area contributed by atoms with Crippen molar-refractivity contribution in [2.75, 3.05) is 17.8 Å². The van der Waals surface area contributed by atoms with Gasteiger partial charge in [-0.15, -0.1) is 0 Å². The smallest absolute Gasteiger partial charge is 0.326 e. The lowest BCUT2D eigenvalue weighted by molar-refractivity contribution is -0.144. The Morgan fingerprint density at radius 1 is 0.903 bits per heavy atom. The maximum absolute atomic E-state index is 12.5. The number of amides is 4. The number of rotatable bonds is 15. The molecule has 0 aliphatic rings. The van der Waals surface area contributed by atoms with Crippen LogP contribution in [-0.4, -0.2) is 87.7 Å². The van der Waals surface area contributed by atoms with Crippen LogP contribution in [-0.2, 0) is 28.8 Å². The van der Waals surface area contributed by atoms with Crippen LogP contribution < -0.4 is 27.4 Å². The summed E-state index contributed by atoms with van der Waals surface area (Å²) in [6.45, 7) is 0. The first-order valence-electron chi connectivity index (χ1n) is 8.92. The van der Waals surface area contributed by atoms with Crippen molar-refractivity contribution in [3.63, 3.8) is 0 Å². The zero-order valence-corrected chi connectivity index (χ0v) is 18.4. The Morgan fingerprint density at radius 3 is 1.87 bits per heavy atom. The van der Waals surface area contributed by atoms with Crippen LogP contribution in [0, 0.1) is 0 Å². The van der Waals surface area contributed by atoms with E-state index in [9.17, 15) is 28.8 Å². The van der Waals surface area contributed by atoms with Gasteiger partial charge in [0.05, 0.1) is 18.9 Å². The molecule has 13 nitrogen and oxygen atoms in total. The minimum atomic E-state index is -1.71. The Morgan fingerprint density at radius 2 is 1.42 bits per heavy atom. The molecule has 176 valence electrons. The van der Waals surface area contributed by atoms with Gasteiger partial charge in [0.15, 0.2) is 0 Å². The maximum atomic E-state index is 12.5. The van der Waals surface area contributed by atoms with Crippen molar-refractivity contribution in [3.8, 4) is 0 Å². The quantitative estimate of drug-likeness (QED) is 0.110. The molecule has 0 saturated heterocycles. The molecule has 0 aliphatic heterocycles. The molecule has 0 rings (SSSR count). The van der Waals surface area contributed by atoms with Gasteiger partial charge >= 0.3 is 11.9 Å². The molecule has 4 atom stereocenters. The van der Waals surface area contributed by atoms with Crippen molar-refractivity contribution in [2.24, 2.45) is 11.5 Å². The van der Waals surface area contributed by atoms with Crippen LogP contribution in [0.3, 0.4) is 0 Å². The number of carbonyl (C=O) groups excluding carboxylic acids is 4. The summed E-state index contributed by atoms with van der Waals surface area (Å²) in [5.74, 6) is -6.34. The molecule has 0 aromatic carbocycles. The monoisotopic (exact) mass is 481 g/mol. The fourth-order valence-electron chi connectivity index (χ4n) is 2.18. The number of nitrogens with one attached hydrogen (secondary N) is 3. The van der Waals surface area contributed by atoms with Gasteiger partial charge in [0, 0.05) is 5.75 Å². The third kappa shape index (κ3) is 11.4. The van der Waals surface area contributed by atoms with Crippen molar-refractivity contribution in [2.45, 2.75) is 43.4 Å². The Hall–Kier alpha value is -2.52. The highest BCUT2D eigenvalue weighted by Gasteiger charge is 2.31. The van der Waals surface area contributed by atoms with E-state index in [4.69, 9.17) is 21.7 Å². The van der Waals surface area contributed by atoms with Gasteiger partial charge in [-0.1, -0.05) is 0 Å². The maximum Gasteiger partial charge on any atom is 0.326 e.